The maximum Gasteiger partial charge on any atom is 0.232 e. The Bertz CT molecular complexity index is 1170. The van der Waals surface area contributed by atoms with Crippen LogP contribution >= 0.6 is 12.2 Å². The first kappa shape index (κ1) is 23.5. The second-order valence-electron chi connectivity index (χ2n) is 9.77. The Hall–Kier alpha value is -3.19. The van der Waals surface area contributed by atoms with Gasteiger partial charge in [-0.3, -0.25) is 0 Å². The van der Waals surface area contributed by atoms with E-state index in [9.17, 15) is 0 Å². The number of hydrogen-bond donors (Lipinski definition) is 2. The van der Waals surface area contributed by atoms with Gasteiger partial charge in [0.1, 0.15) is 11.6 Å². The number of aromatic nitrogens is 2. The van der Waals surface area contributed by atoms with Crippen molar-refractivity contribution in [3.8, 4) is 0 Å². The van der Waals surface area contributed by atoms with Gasteiger partial charge in [0, 0.05) is 32.2 Å². The zero-order valence-electron chi connectivity index (χ0n) is 20.6. The molecule has 35 heavy (non-hydrogen) atoms. The fourth-order valence-corrected chi connectivity index (χ4v) is 5.32. The van der Waals surface area contributed by atoms with Crippen molar-refractivity contribution in [3.05, 3.63) is 77.4 Å². The summed E-state index contributed by atoms with van der Waals surface area (Å²) < 4.78 is 0. The predicted molar refractivity (Wildman–Crippen MR) is 148 cm³/mol. The molecule has 0 unspecified atom stereocenters. The zero-order valence-corrected chi connectivity index (χ0v) is 21.4. The monoisotopic (exact) mass is 486 g/mol. The Morgan fingerprint density at radius 2 is 1.69 bits per heavy atom. The minimum Gasteiger partial charge on any atom is -0.356 e. The number of thiocarbonyl (C=S) groups is 1. The molecule has 182 valence electrons. The van der Waals surface area contributed by atoms with Gasteiger partial charge in [-0.25, -0.2) is 0 Å². The van der Waals surface area contributed by atoms with Crippen molar-refractivity contribution in [2.75, 3.05) is 34.8 Å². The van der Waals surface area contributed by atoms with Crippen molar-refractivity contribution in [1.29, 1.82) is 0 Å². The summed E-state index contributed by atoms with van der Waals surface area (Å²) in [7, 11) is 0. The lowest BCUT2D eigenvalue weighted by Crippen LogP contribution is -2.36. The highest BCUT2D eigenvalue weighted by Gasteiger charge is 2.23. The van der Waals surface area contributed by atoms with Crippen LogP contribution < -0.4 is 20.4 Å². The second-order valence-corrected chi connectivity index (χ2v) is 10.2. The molecule has 0 aliphatic carbocycles. The number of hydrogen-bond acceptors (Lipinski definition) is 5. The van der Waals surface area contributed by atoms with Crippen LogP contribution in [0.1, 0.15) is 49.4 Å². The Kier molecular flexibility index (Phi) is 7.13. The van der Waals surface area contributed by atoms with E-state index in [0.29, 0.717) is 17.0 Å². The van der Waals surface area contributed by atoms with Crippen molar-refractivity contribution in [2.45, 2.75) is 45.7 Å². The van der Waals surface area contributed by atoms with Crippen LogP contribution in [0.5, 0.6) is 0 Å². The molecule has 0 amide bonds. The third-order valence-corrected chi connectivity index (χ3v) is 7.23. The lowest BCUT2D eigenvalue weighted by Gasteiger charge is -2.34. The van der Waals surface area contributed by atoms with E-state index in [1.807, 2.05) is 18.2 Å². The highest BCUT2D eigenvalue weighted by atomic mass is 32.1. The van der Waals surface area contributed by atoms with E-state index in [2.05, 4.69) is 76.7 Å². The number of benzene rings is 2. The highest BCUT2D eigenvalue weighted by molar-refractivity contribution is 7.80. The van der Waals surface area contributed by atoms with Gasteiger partial charge in [0.2, 0.25) is 5.95 Å². The summed E-state index contributed by atoms with van der Waals surface area (Å²) in [5.41, 5.74) is 3.98. The Balaban J connectivity index is 1.38. The number of anilines is 3. The van der Waals surface area contributed by atoms with Gasteiger partial charge in [0.15, 0.2) is 5.11 Å². The number of nitrogens with one attached hydrogen (secondary N) is 2. The summed E-state index contributed by atoms with van der Waals surface area (Å²) in [5, 5.41) is 7.18. The minimum atomic E-state index is 0.0837. The maximum atomic E-state index is 5.65. The number of rotatable bonds is 5. The molecule has 3 heterocycles. The molecule has 2 aromatic carbocycles. The molecule has 0 saturated carbocycles. The topological polar surface area (TPSA) is 56.3 Å². The van der Waals surface area contributed by atoms with Gasteiger partial charge in [0.25, 0.3) is 0 Å². The molecule has 0 spiro atoms. The molecule has 2 N–H and O–H groups in total. The van der Waals surface area contributed by atoms with Gasteiger partial charge in [-0.2, -0.15) is 9.97 Å². The van der Waals surface area contributed by atoms with Gasteiger partial charge in [-0.1, -0.05) is 61.5 Å². The highest BCUT2D eigenvalue weighted by Crippen LogP contribution is 2.29. The fourth-order valence-electron chi connectivity index (χ4n) is 5.05. The first-order valence-corrected chi connectivity index (χ1v) is 13.0. The normalized spacial score (nSPS) is 18.5. The molecule has 5 rings (SSSR count). The van der Waals surface area contributed by atoms with Gasteiger partial charge < -0.3 is 20.4 Å². The van der Waals surface area contributed by atoms with Crippen molar-refractivity contribution >= 4 is 34.9 Å². The molecule has 0 radical (unpaired) electrons. The maximum absolute atomic E-state index is 5.65. The molecule has 6 nitrogen and oxygen atoms in total. The van der Waals surface area contributed by atoms with E-state index in [-0.39, 0.29) is 6.04 Å². The van der Waals surface area contributed by atoms with Crippen molar-refractivity contribution in [3.63, 3.8) is 0 Å². The van der Waals surface area contributed by atoms with Crippen molar-refractivity contribution in [1.82, 2.24) is 15.3 Å². The standard InChI is InChI=1S/C28H34N6S/c1-20-9-8-15-33(18-20)25-17-26(34-16-14-23-12-6-7-13-24(23)19-34)31-27(30-25)32-28(35)29-21(2)22-10-4-3-5-11-22/h3-7,10-13,17,20-21H,8-9,14-16,18-19H2,1-2H3,(H2,29,30,31,32,35)/t20-,21+/m1/s1. The van der Waals surface area contributed by atoms with Gasteiger partial charge in [-0.05, 0) is 61.0 Å². The van der Waals surface area contributed by atoms with Gasteiger partial charge >= 0.3 is 0 Å². The first-order valence-electron chi connectivity index (χ1n) is 12.6. The summed E-state index contributed by atoms with van der Waals surface area (Å²) in [4.78, 5) is 14.6. The van der Waals surface area contributed by atoms with Crippen molar-refractivity contribution < 1.29 is 0 Å². The largest absolute Gasteiger partial charge is 0.356 e. The molecule has 2 aliphatic rings. The van der Waals surface area contributed by atoms with Crippen LogP contribution in [0.15, 0.2) is 60.7 Å². The van der Waals surface area contributed by atoms with E-state index in [1.54, 1.807) is 0 Å². The van der Waals surface area contributed by atoms with E-state index < -0.39 is 0 Å². The van der Waals surface area contributed by atoms with Crippen LogP contribution in [0.25, 0.3) is 0 Å². The van der Waals surface area contributed by atoms with Gasteiger partial charge in [0.05, 0.1) is 6.04 Å². The average molecular weight is 487 g/mol. The number of fused-ring (bicyclic) bond motifs is 1. The summed E-state index contributed by atoms with van der Waals surface area (Å²) in [6, 6.07) is 21.2. The van der Waals surface area contributed by atoms with Crippen LogP contribution in [-0.4, -0.2) is 34.7 Å². The molecular formula is C28H34N6S. The first-order chi connectivity index (χ1) is 17.0. The zero-order chi connectivity index (χ0) is 24.2. The average Bonchev–Trinajstić information content (AvgIpc) is 2.88. The quantitative estimate of drug-likeness (QED) is 0.473. The van der Waals surface area contributed by atoms with E-state index in [1.165, 1.54) is 29.5 Å². The smallest absolute Gasteiger partial charge is 0.232 e. The molecule has 2 atom stereocenters. The van der Waals surface area contributed by atoms with Crippen LogP contribution in [-0.2, 0) is 13.0 Å². The van der Waals surface area contributed by atoms with E-state index in [0.717, 1.165) is 44.2 Å². The van der Waals surface area contributed by atoms with E-state index in [4.69, 9.17) is 22.2 Å². The molecule has 1 fully saturated rings. The molecular weight excluding hydrogens is 452 g/mol. The Labute approximate surface area is 213 Å². The molecule has 2 aliphatic heterocycles. The second kappa shape index (κ2) is 10.6. The molecule has 0 bridgehead atoms. The Morgan fingerprint density at radius 1 is 0.971 bits per heavy atom. The van der Waals surface area contributed by atoms with Crippen LogP contribution in [0.2, 0.25) is 0 Å². The molecule has 1 saturated heterocycles. The van der Waals surface area contributed by atoms with Crippen LogP contribution in [0.4, 0.5) is 17.6 Å². The summed E-state index contributed by atoms with van der Waals surface area (Å²) >= 11 is 5.65. The van der Waals surface area contributed by atoms with Gasteiger partial charge in [-0.15, -0.1) is 0 Å². The number of nitrogens with zero attached hydrogens (tertiary/aromatic N) is 4. The molecule has 7 heteroatoms. The molecule has 1 aromatic heterocycles. The summed E-state index contributed by atoms with van der Waals surface area (Å²) in [6.07, 6.45) is 3.48. The van der Waals surface area contributed by atoms with Crippen molar-refractivity contribution in [2.24, 2.45) is 5.92 Å². The number of piperidine rings is 1. The predicted octanol–water partition coefficient (Wildman–Crippen LogP) is 5.32. The Morgan fingerprint density at radius 3 is 2.46 bits per heavy atom. The lowest BCUT2D eigenvalue weighted by atomic mass is 10.00. The van der Waals surface area contributed by atoms with E-state index >= 15 is 0 Å². The third-order valence-electron chi connectivity index (χ3n) is 7.01. The SMILES string of the molecule is C[C@@H]1CCCN(c2cc(N3CCc4ccccc4C3)nc(NC(=S)N[C@@H](C)c3ccccc3)n2)C1. The molecule has 3 aromatic rings. The van der Waals surface area contributed by atoms with Crippen LogP contribution in [0, 0.1) is 5.92 Å². The fraction of sp³-hybridized carbons (Fsp3) is 0.393. The van der Waals surface area contributed by atoms with Crippen LogP contribution in [0.3, 0.4) is 0 Å². The summed E-state index contributed by atoms with van der Waals surface area (Å²) in [5.74, 6) is 3.13. The lowest BCUT2D eigenvalue weighted by molar-refractivity contribution is 0.444. The summed E-state index contributed by atoms with van der Waals surface area (Å²) in [6.45, 7) is 8.27. The third kappa shape index (κ3) is 5.73. The minimum absolute atomic E-state index is 0.0837.